The van der Waals surface area contributed by atoms with Gasteiger partial charge >= 0.3 is 0 Å². The number of anilines is 1. The standard InChI is InChI=1S/C14H10ClN5O2S2/c1-23-14-18-17-13(24-14)16-12(22)11-10(21)5-6-20(19-11)9-4-2-3-8(15)7-9/h2-7H,1H3,(H,16,17,22). The largest absolute Gasteiger partial charge is 0.295 e. The Hall–Kier alpha value is -2.23. The number of amides is 1. The van der Waals surface area contributed by atoms with Crippen LogP contribution in [0, 0.1) is 0 Å². The van der Waals surface area contributed by atoms with E-state index in [9.17, 15) is 9.59 Å². The van der Waals surface area contributed by atoms with Gasteiger partial charge in [-0.15, -0.1) is 10.2 Å². The smallest absolute Gasteiger partial charge is 0.282 e. The summed E-state index contributed by atoms with van der Waals surface area (Å²) in [6, 6.07) is 8.19. The van der Waals surface area contributed by atoms with Gasteiger partial charge in [-0.2, -0.15) is 5.10 Å². The van der Waals surface area contributed by atoms with Crippen LogP contribution in [-0.4, -0.2) is 32.1 Å². The molecule has 1 N–H and O–H groups in total. The molecule has 0 saturated heterocycles. The van der Waals surface area contributed by atoms with Gasteiger partial charge in [-0.25, -0.2) is 4.68 Å². The van der Waals surface area contributed by atoms with Crippen LogP contribution in [0.25, 0.3) is 5.69 Å². The number of rotatable bonds is 4. The summed E-state index contributed by atoms with van der Waals surface area (Å²) in [4.78, 5) is 24.3. The highest BCUT2D eigenvalue weighted by Gasteiger charge is 2.16. The minimum atomic E-state index is -0.639. The molecule has 0 spiro atoms. The van der Waals surface area contributed by atoms with Gasteiger partial charge in [-0.05, 0) is 24.5 Å². The van der Waals surface area contributed by atoms with E-state index < -0.39 is 11.3 Å². The normalized spacial score (nSPS) is 10.6. The van der Waals surface area contributed by atoms with Gasteiger partial charge in [-0.1, -0.05) is 40.8 Å². The molecule has 3 rings (SSSR count). The van der Waals surface area contributed by atoms with E-state index in [1.54, 1.807) is 24.3 Å². The Morgan fingerprint density at radius 1 is 1.33 bits per heavy atom. The van der Waals surface area contributed by atoms with Crippen molar-refractivity contribution >= 4 is 45.7 Å². The molecule has 10 heteroatoms. The highest BCUT2D eigenvalue weighted by atomic mass is 35.5. The maximum atomic E-state index is 12.3. The first-order valence-corrected chi connectivity index (χ1v) is 9.03. The second-order valence-electron chi connectivity index (χ2n) is 4.48. The topological polar surface area (TPSA) is 89.8 Å². The van der Waals surface area contributed by atoms with Crippen molar-refractivity contribution in [1.29, 1.82) is 0 Å². The van der Waals surface area contributed by atoms with Crippen LogP contribution in [0.15, 0.2) is 45.7 Å². The first-order chi connectivity index (χ1) is 11.6. The summed E-state index contributed by atoms with van der Waals surface area (Å²) in [7, 11) is 0. The van der Waals surface area contributed by atoms with Crippen molar-refractivity contribution in [3.8, 4) is 5.69 Å². The lowest BCUT2D eigenvalue weighted by Gasteiger charge is -2.07. The van der Waals surface area contributed by atoms with E-state index in [0.717, 1.165) is 0 Å². The molecular weight excluding hydrogens is 370 g/mol. The summed E-state index contributed by atoms with van der Waals surface area (Å²) in [5.41, 5.74) is -0.0871. The molecule has 0 saturated carbocycles. The van der Waals surface area contributed by atoms with Gasteiger partial charge in [0.05, 0.1) is 5.69 Å². The van der Waals surface area contributed by atoms with Crippen LogP contribution < -0.4 is 10.7 Å². The van der Waals surface area contributed by atoms with Crippen molar-refractivity contribution in [2.24, 2.45) is 0 Å². The Labute approximate surface area is 149 Å². The van der Waals surface area contributed by atoms with Gasteiger partial charge < -0.3 is 0 Å². The maximum Gasteiger partial charge on any atom is 0.282 e. The summed E-state index contributed by atoms with van der Waals surface area (Å²) in [6.07, 6.45) is 3.33. The van der Waals surface area contributed by atoms with Crippen molar-refractivity contribution in [2.75, 3.05) is 11.6 Å². The van der Waals surface area contributed by atoms with Gasteiger partial charge in [0.1, 0.15) is 0 Å². The van der Waals surface area contributed by atoms with Crippen LogP contribution in [-0.2, 0) is 0 Å². The quantitative estimate of drug-likeness (QED) is 0.553. The molecule has 0 bridgehead atoms. The fourth-order valence-electron chi connectivity index (χ4n) is 1.83. The van der Waals surface area contributed by atoms with Crippen molar-refractivity contribution in [1.82, 2.24) is 20.0 Å². The third kappa shape index (κ3) is 3.64. The van der Waals surface area contributed by atoms with E-state index in [-0.39, 0.29) is 5.69 Å². The first kappa shape index (κ1) is 16.6. The molecule has 2 aromatic heterocycles. The number of thioether (sulfide) groups is 1. The average Bonchev–Trinajstić information content (AvgIpc) is 3.02. The third-order valence-electron chi connectivity index (χ3n) is 2.90. The fourth-order valence-corrected chi connectivity index (χ4v) is 3.18. The number of hydrogen-bond donors (Lipinski definition) is 1. The summed E-state index contributed by atoms with van der Waals surface area (Å²) in [5, 5.41) is 15.2. The van der Waals surface area contributed by atoms with Gasteiger partial charge in [0, 0.05) is 17.3 Å². The van der Waals surface area contributed by atoms with Crippen LogP contribution in [0.3, 0.4) is 0 Å². The predicted octanol–water partition coefficient (Wildman–Crippen LogP) is 2.71. The first-order valence-electron chi connectivity index (χ1n) is 6.61. The molecule has 7 nitrogen and oxygen atoms in total. The van der Waals surface area contributed by atoms with Gasteiger partial charge in [-0.3, -0.25) is 14.9 Å². The van der Waals surface area contributed by atoms with Crippen LogP contribution >= 0.6 is 34.7 Å². The van der Waals surface area contributed by atoms with E-state index in [1.165, 1.54) is 40.0 Å². The second kappa shape index (κ2) is 7.12. The number of nitrogens with one attached hydrogen (secondary N) is 1. The molecule has 1 aromatic carbocycles. The Morgan fingerprint density at radius 2 is 2.17 bits per heavy atom. The highest BCUT2D eigenvalue weighted by molar-refractivity contribution is 8.00. The van der Waals surface area contributed by atoms with Crippen LogP contribution in [0.1, 0.15) is 10.5 Å². The summed E-state index contributed by atoms with van der Waals surface area (Å²) >= 11 is 8.59. The molecule has 0 aliphatic rings. The van der Waals surface area contributed by atoms with E-state index in [2.05, 4.69) is 20.6 Å². The number of carbonyl (C=O) groups is 1. The number of aromatic nitrogens is 4. The number of benzene rings is 1. The Kier molecular flexibility index (Phi) is 4.93. The van der Waals surface area contributed by atoms with Crippen molar-refractivity contribution in [3.05, 3.63) is 57.5 Å². The monoisotopic (exact) mass is 379 g/mol. The molecule has 0 atom stereocenters. The second-order valence-corrected chi connectivity index (χ2v) is 6.95. The molecule has 2 heterocycles. The zero-order valence-electron chi connectivity index (χ0n) is 12.3. The molecule has 0 aliphatic carbocycles. The Bertz CT molecular complexity index is 956. The number of hydrogen-bond acceptors (Lipinski definition) is 7. The number of carbonyl (C=O) groups excluding carboxylic acids is 1. The van der Waals surface area contributed by atoms with Gasteiger partial charge in [0.25, 0.3) is 5.91 Å². The minimum absolute atomic E-state index is 0.238. The zero-order valence-corrected chi connectivity index (χ0v) is 14.7. The number of halogens is 1. The van der Waals surface area contributed by atoms with Crippen LogP contribution in [0.5, 0.6) is 0 Å². The fraction of sp³-hybridized carbons (Fsp3) is 0.0714. The lowest BCUT2D eigenvalue weighted by molar-refractivity contribution is 0.101. The number of nitrogens with zero attached hydrogens (tertiary/aromatic N) is 4. The van der Waals surface area contributed by atoms with Crippen molar-refractivity contribution in [3.63, 3.8) is 0 Å². The minimum Gasteiger partial charge on any atom is -0.295 e. The molecule has 0 radical (unpaired) electrons. The van der Waals surface area contributed by atoms with Gasteiger partial charge in [0.2, 0.25) is 10.6 Å². The molecule has 0 unspecified atom stereocenters. The molecule has 24 heavy (non-hydrogen) atoms. The Morgan fingerprint density at radius 3 is 2.88 bits per heavy atom. The lowest BCUT2D eigenvalue weighted by Crippen LogP contribution is -2.25. The molecule has 122 valence electrons. The van der Waals surface area contributed by atoms with Crippen LogP contribution in [0.4, 0.5) is 5.13 Å². The predicted molar refractivity (Wildman–Crippen MR) is 94.5 cm³/mol. The summed E-state index contributed by atoms with van der Waals surface area (Å²) in [6.45, 7) is 0. The zero-order chi connectivity index (χ0) is 17.1. The van der Waals surface area contributed by atoms with E-state index in [0.29, 0.717) is 20.2 Å². The SMILES string of the molecule is CSc1nnc(NC(=O)c2nn(-c3cccc(Cl)c3)ccc2=O)s1. The van der Waals surface area contributed by atoms with E-state index in [1.807, 2.05) is 6.26 Å². The van der Waals surface area contributed by atoms with E-state index in [4.69, 9.17) is 11.6 Å². The molecule has 3 aromatic rings. The Balaban J connectivity index is 1.91. The van der Waals surface area contributed by atoms with Crippen molar-refractivity contribution in [2.45, 2.75) is 4.34 Å². The maximum absolute atomic E-state index is 12.3. The lowest BCUT2D eigenvalue weighted by atomic mass is 10.3. The molecule has 0 fully saturated rings. The van der Waals surface area contributed by atoms with Crippen LogP contribution in [0.2, 0.25) is 5.02 Å². The highest BCUT2D eigenvalue weighted by Crippen LogP contribution is 2.23. The third-order valence-corrected chi connectivity index (χ3v) is 4.95. The summed E-state index contributed by atoms with van der Waals surface area (Å²) < 4.78 is 2.12. The molecular formula is C14H10ClN5O2S2. The molecule has 0 aliphatic heterocycles. The summed E-state index contributed by atoms with van der Waals surface area (Å²) in [5.74, 6) is -0.639. The van der Waals surface area contributed by atoms with E-state index >= 15 is 0 Å². The van der Waals surface area contributed by atoms with Gasteiger partial charge in [0.15, 0.2) is 10.0 Å². The average molecular weight is 380 g/mol. The molecule has 1 amide bonds. The van der Waals surface area contributed by atoms with Crippen molar-refractivity contribution < 1.29 is 4.79 Å².